The van der Waals surface area contributed by atoms with Gasteiger partial charge in [-0.05, 0) is 31.5 Å². The van der Waals surface area contributed by atoms with Gasteiger partial charge in [0.1, 0.15) is 17.5 Å². The van der Waals surface area contributed by atoms with Crippen molar-refractivity contribution in [2.24, 2.45) is 5.73 Å². The molecular formula is C18H23N5O3. The van der Waals surface area contributed by atoms with Gasteiger partial charge in [0.15, 0.2) is 0 Å². The number of methoxy groups -OCH3 is 1. The topological polar surface area (TPSA) is 113 Å². The van der Waals surface area contributed by atoms with Crippen molar-refractivity contribution in [3.63, 3.8) is 0 Å². The average molecular weight is 357 g/mol. The van der Waals surface area contributed by atoms with E-state index in [4.69, 9.17) is 10.5 Å². The predicted octanol–water partition coefficient (Wildman–Crippen LogP) is 0.763. The molecule has 1 saturated heterocycles. The van der Waals surface area contributed by atoms with Crippen LogP contribution < -0.4 is 15.8 Å². The Labute approximate surface area is 151 Å². The molecule has 138 valence electrons. The summed E-state index contributed by atoms with van der Waals surface area (Å²) in [5, 5.41) is 9.76. The third kappa shape index (κ3) is 3.41. The van der Waals surface area contributed by atoms with Crippen molar-refractivity contribution in [1.29, 1.82) is 0 Å². The van der Waals surface area contributed by atoms with Crippen molar-refractivity contribution in [2.45, 2.75) is 25.4 Å². The van der Waals surface area contributed by atoms with Gasteiger partial charge in [-0.1, -0.05) is 12.1 Å². The van der Waals surface area contributed by atoms with Crippen molar-refractivity contribution < 1.29 is 14.3 Å². The number of hydrogen-bond acceptors (Lipinski definition) is 5. The van der Waals surface area contributed by atoms with Crippen LogP contribution in [0.4, 0.5) is 0 Å². The number of nitrogens with two attached hydrogens (primary N) is 1. The van der Waals surface area contributed by atoms with Gasteiger partial charge in [0.05, 0.1) is 12.8 Å². The van der Waals surface area contributed by atoms with E-state index < -0.39 is 6.04 Å². The molecule has 3 rings (SSSR count). The molecule has 1 fully saturated rings. The molecule has 0 bridgehead atoms. The van der Waals surface area contributed by atoms with Crippen molar-refractivity contribution in [3.05, 3.63) is 36.0 Å². The lowest BCUT2D eigenvalue weighted by atomic mass is 10.1. The second-order valence-electron chi connectivity index (χ2n) is 6.23. The van der Waals surface area contributed by atoms with Crippen molar-refractivity contribution >= 4 is 11.8 Å². The SMILES string of the molecule is CCNC(=O)[C@@H]1C[C@@H](N)CN1C(=O)c1cc(-c2ccccc2OC)n[nH]1. The molecule has 0 spiro atoms. The maximum atomic E-state index is 12.9. The van der Waals surface area contributed by atoms with E-state index in [0.29, 0.717) is 36.6 Å². The fourth-order valence-corrected chi connectivity index (χ4v) is 3.21. The lowest BCUT2D eigenvalue weighted by molar-refractivity contribution is -0.124. The molecule has 2 aromatic rings. The molecule has 0 aliphatic carbocycles. The van der Waals surface area contributed by atoms with Gasteiger partial charge in [0.2, 0.25) is 5.91 Å². The summed E-state index contributed by atoms with van der Waals surface area (Å²) in [7, 11) is 1.58. The molecule has 1 aliphatic rings. The Bertz CT molecular complexity index is 804. The summed E-state index contributed by atoms with van der Waals surface area (Å²) in [6.45, 7) is 2.69. The number of nitrogens with one attached hydrogen (secondary N) is 2. The summed E-state index contributed by atoms with van der Waals surface area (Å²) in [6, 6.07) is 8.32. The van der Waals surface area contributed by atoms with Crippen molar-refractivity contribution in [1.82, 2.24) is 20.4 Å². The second kappa shape index (κ2) is 7.57. The average Bonchev–Trinajstić information content (AvgIpc) is 3.28. The first kappa shape index (κ1) is 17.9. The number of nitrogens with zero attached hydrogens (tertiary/aromatic N) is 2. The number of para-hydroxylation sites is 1. The van der Waals surface area contributed by atoms with Gasteiger partial charge in [0.25, 0.3) is 5.91 Å². The molecule has 0 radical (unpaired) electrons. The molecule has 4 N–H and O–H groups in total. The van der Waals surface area contributed by atoms with Crippen LogP contribution in [-0.4, -0.2) is 59.2 Å². The highest BCUT2D eigenvalue weighted by atomic mass is 16.5. The number of benzene rings is 1. The fraction of sp³-hybridized carbons (Fsp3) is 0.389. The Balaban J connectivity index is 1.84. The number of likely N-dealkylation sites (N-methyl/N-ethyl adjacent to an activating group) is 1. The van der Waals surface area contributed by atoms with E-state index in [2.05, 4.69) is 15.5 Å². The van der Waals surface area contributed by atoms with E-state index in [9.17, 15) is 9.59 Å². The van der Waals surface area contributed by atoms with Crippen LogP contribution in [0.1, 0.15) is 23.8 Å². The summed E-state index contributed by atoms with van der Waals surface area (Å²) >= 11 is 0. The number of carbonyl (C=O) groups excluding carboxylic acids is 2. The van der Waals surface area contributed by atoms with Gasteiger partial charge in [0, 0.05) is 24.7 Å². The lowest BCUT2D eigenvalue weighted by Gasteiger charge is -2.22. The molecule has 8 heteroatoms. The summed E-state index contributed by atoms with van der Waals surface area (Å²) in [5.41, 5.74) is 7.68. The highest BCUT2D eigenvalue weighted by molar-refractivity contribution is 5.97. The number of carbonyl (C=O) groups is 2. The zero-order valence-electron chi connectivity index (χ0n) is 14.9. The normalized spacial score (nSPS) is 19.4. The number of aromatic amines is 1. The van der Waals surface area contributed by atoms with E-state index in [1.54, 1.807) is 13.2 Å². The molecule has 2 amide bonds. The zero-order valence-corrected chi connectivity index (χ0v) is 14.9. The minimum Gasteiger partial charge on any atom is -0.496 e. The molecule has 2 atom stereocenters. The number of H-pyrrole nitrogens is 1. The van der Waals surface area contributed by atoms with Crippen LogP contribution in [0.25, 0.3) is 11.3 Å². The molecule has 1 aromatic carbocycles. The van der Waals surface area contributed by atoms with Crippen molar-refractivity contribution in [2.75, 3.05) is 20.2 Å². The smallest absolute Gasteiger partial charge is 0.272 e. The number of rotatable bonds is 5. The van der Waals surface area contributed by atoms with E-state index >= 15 is 0 Å². The molecule has 0 saturated carbocycles. The Kier molecular flexibility index (Phi) is 5.22. The number of aromatic nitrogens is 2. The summed E-state index contributed by atoms with van der Waals surface area (Å²) in [6.07, 6.45) is 0.449. The maximum Gasteiger partial charge on any atom is 0.272 e. The molecule has 26 heavy (non-hydrogen) atoms. The lowest BCUT2D eigenvalue weighted by Crippen LogP contribution is -2.46. The largest absolute Gasteiger partial charge is 0.496 e. The van der Waals surface area contributed by atoms with Crippen LogP contribution in [0.15, 0.2) is 30.3 Å². The number of ether oxygens (including phenoxy) is 1. The van der Waals surface area contributed by atoms with E-state index in [1.165, 1.54) is 4.90 Å². The van der Waals surface area contributed by atoms with Gasteiger partial charge >= 0.3 is 0 Å². The first-order valence-electron chi connectivity index (χ1n) is 8.58. The Hall–Kier alpha value is -2.87. The monoisotopic (exact) mass is 357 g/mol. The van der Waals surface area contributed by atoms with Gasteiger partial charge in [-0.2, -0.15) is 5.10 Å². The molecule has 1 aliphatic heterocycles. The van der Waals surface area contributed by atoms with Crippen LogP contribution in [0.2, 0.25) is 0 Å². The zero-order chi connectivity index (χ0) is 18.7. The quantitative estimate of drug-likeness (QED) is 0.731. The van der Waals surface area contributed by atoms with Crippen LogP contribution in [0.5, 0.6) is 5.75 Å². The molecule has 2 heterocycles. The standard InChI is InChI=1S/C18H23N5O3/c1-3-20-17(24)15-8-11(19)10-23(15)18(25)14-9-13(21-22-14)12-6-4-5-7-16(12)26-2/h4-7,9,11,15H,3,8,10,19H2,1-2H3,(H,20,24)(H,21,22)/t11-,15+/m1/s1. The molecule has 8 nitrogen and oxygen atoms in total. The van der Waals surface area contributed by atoms with Gasteiger partial charge in [-0.25, -0.2) is 0 Å². The first-order chi connectivity index (χ1) is 12.5. The van der Waals surface area contributed by atoms with E-state index in [-0.39, 0.29) is 17.9 Å². The van der Waals surface area contributed by atoms with E-state index in [1.807, 2.05) is 31.2 Å². The van der Waals surface area contributed by atoms with Crippen LogP contribution in [-0.2, 0) is 4.79 Å². The summed E-state index contributed by atoms with van der Waals surface area (Å²) in [4.78, 5) is 26.7. The number of amides is 2. The van der Waals surface area contributed by atoms with Gasteiger partial charge in [-0.3, -0.25) is 14.7 Å². The minimum atomic E-state index is -0.560. The first-order valence-corrected chi connectivity index (χ1v) is 8.58. The van der Waals surface area contributed by atoms with Crippen LogP contribution in [0, 0.1) is 0 Å². The summed E-state index contributed by atoms with van der Waals surface area (Å²) < 4.78 is 5.34. The van der Waals surface area contributed by atoms with Crippen molar-refractivity contribution in [3.8, 4) is 17.0 Å². The third-order valence-electron chi connectivity index (χ3n) is 4.44. The minimum absolute atomic E-state index is 0.182. The number of likely N-dealkylation sites (tertiary alicyclic amines) is 1. The predicted molar refractivity (Wildman–Crippen MR) is 96.7 cm³/mol. The Morgan fingerprint density at radius 2 is 2.19 bits per heavy atom. The molecular weight excluding hydrogens is 334 g/mol. The van der Waals surface area contributed by atoms with Gasteiger partial charge in [-0.15, -0.1) is 0 Å². The maximum absolute atomic E-state index is 12.9. The van der Waals surface area contributed by atoms with Crippen LogP contribution in [0.3, 0.4) is 0 Å². The Morgan fingerprint density at radius 1 is 1.42 bits per heavy atom. The molecule has 0 unspecified atom stereocenters. The van der Waals surface area contributed by atoms with Crippen LogP contribution >= 0.6 is 0 Å². The Morgan fingerprint density at radius 3 is 2.92 bits per heavy atom. The fourth-order valence-electron chi connectivity index (χ4n) is 3.21. The third-order valence-corrected chi connectivity index (χ3v) is 4.44. The number of hydrogen-bond donors (Lipinski definition) is 3. The second-order valence-corrected chi connectivity index (χ2v) is 6.23. The highest BCUT2D eigenvalue weighted by Crippen LogP contribution is 2.29. The van der Waals surface area contributed by atoms with Gasteiger partial charge < -0.3 is 20.7 Å². The highest BCUT2D eigenvalue weighted by Gasteiger charge is 2.38. The summed E-state index contributed by atoms with van der Waals surface area (Å²) in [5.74, 6) is 0.197. The molecule has 1 aromatic heterocycles. The van der Waals surface area contributed by atoms with E-state index in [0.717, 1.165) is 5.56 Å².